The number of rotatable bonds is 0. The molecule has 0 amide bonds. The molecule has 0 spiro atoms. The van der Waals surface area contributed by atoms with Crippen LogP contribution in [-0.4, -0.2) is 9.97 Å². The quantitative estimate of drug-likeness (QED) is 0.468. The van der Waals surface area contributed by atoms with Crippen LogP contribution in [-0.2, 0) is 0 Å². The molecule has 1 heterocycles. The van der Waals surface area contributed by atoms with E-state index in [1.807, 2.05) is 0 Å². The zero-order valence-electron chi connectivity index (χ0n) is 4.13. The number of aromatic nitrogens is 2. The Bertz CT molecular complexity index is 164. The van der Waals surface area contributed by atoms with Gasteiger partial charge >= 0.3 is 0 Å². The fourth-order valence-corrected chi connectivity index (χ4v) is 0.312. The van der Waals surface area contributed by atoms with Gasteiger partial charge in [-0.1, -0.05) is 0 Å². The summed E-state index contributed by atoms with van der Waals surface area (Å²) in [6, 6.07) is 0. The van der Waals surface area contributed by atoms with Crippen LogP contribution >= 0.6 is 0 Å². The molecule has 4 N–H and O–H groups in total. The van der Waals surface area contributed by atoms with Gasteiger partial charge in [0, 0.05) is 0 Å². The molecule has 1 aromatic rings. The van der Waals surface area contributed by atoms with E-state index in [-0.39, 0.29) is 5.82 Å². The Morgan fingerprint density at radius 1 is 1.50 bits per heavy atom. The number of nitrogens with two attached hydrogens (primary N) is 2. The SMILES string of the molecule is Nc1cn[c]nc1N. The summed E-state index contributed by atoms with van der Waals surface area (Å²) in [5, 5.41) is 0. The molecule has 0 bridgehead atoms. The summed E-state index contributed by atoms with van der Waals surface area (Å²) in [4.78, 5) is 7.00. The first kappa shape index (κ1) is 4.83. The minimum absolute atomic E-state index is 0.278. The minimum atomic E-state index is 0.278. The van der Waals surface area contributed by atoms with E-state index in [0.29, 0.717) is 5.69 Å². The van der Waals surface area contributed by atoms with Gasteiger partial charge in [-0.3, -0.25) is 0 Å². The monoisotopic (exact) mass is 109 g/mol. The van der Waals surface area contributed by atoms with Gasteiger partial charge in [-0.15, -0.1) is 0 Å². The summed E-state index contributed by atoms with van der Waals surface area (Å²) in [7, 11) is 0. The summed E-state index contributed by atoms with van der Waals surface area (Å²) >= 11 is 0. The number of anilines is 2. The molecule has 0 saturated heterocycles. The van der Waals surface area contributed by atoms with Crippen molar-refractivity contribution in [1.82, 2.24) is 9.97 Å². The van der Waals surface area contributed by atoms with Crippen LogP contribution in [0.1, 0.15) is 0 Å². The van der Waals surface area contributed by atoms with E-state index in [9.17, 15) is 0 Å². The van der Waals surface area contributed by atoms with Crippen LogP contribution in [0.4, 0.5) is 11.5 Å². The summed E-state index contributed by atoms with van der Waals surface area (Å²) in [5.74, 6) is 0.278. The molecule has 0 fully saturated rings. The van der Waals surface area contributed by atoms with Gasteiger partial charge in [0.25, 0.3) is 0 Å². The summed E-state index contributed by atoms with van der Waals surface area (Å²) in [6.45, 7) is 0. The topological polar surface area (TPSA) is 77.8 Å². The lowest BCUT2D eigenvalue weighted by molar-refractivity contribution is 1.16. The minimum Gasteiger partial charge on any atom is -0.394 e. The maximum absolute atomic E-state index is 5.25. The smallest absolute Gasteiger partial charge is 0.199 e. The standard InChI is InChI=1S/C4H5N4/c5-3-1-7-2-8-4(3)6/h1H,5H2,(H2,6,7,8). The first-order valence-electron chi connectivity index (χ1n) is 2.05. The van der Waals surface area contributed by atoms with E-state index in [0.717, 1.165) is 0 Å². The fraction of sp³-hybridized carbons (Fsp3) is 0. The molecule has 8 heavy (non-hydrogen) atoms. The van der Waals surface area contributed by atoms with Crippen LogP contribution in [0.25, 0.3) is 0 Å². The van der Waals surface area contributed by atoms with Crippen molar-refractivity contribution in [3.8, 4) is 0 Å². The number of nitrogen functional groups attached to an aromatic ring is 2. The van der Waals surface area contributed by atoms with E-state index in [1.165, 1.54) is 6.20 Å². The second kappa shape index (κ2) is 1.65. The summed E-state index contributed by atoms with van der Waals surface area (Å²) in [6.07, 6.45) is 3.70. The number of nitrogens with zero attached hydrogens (tertiary/aromatic N) is 2. The zero-order valence-corrected chi connectivity index (χ0v) is 4.13. The summed E-state index contributed by atoms with van der Waals surface area (Å²) < 4.78 is 0. The van der Waals surface area contributed by atoms with Gasteiger partial charge in [-0.25, -0.2) is 9.97 Å². The third kappa shape index (κ3) is 0.676. The second-order valence-corrected chi connectivity index (χ2v) is 1.31. The van der Waals surface area contributed by atoms with E-state index in [1.54, 1.807) is 0 Å². The average molecular weight is 109 g/mol. The van der Waals surface area contributed by atoms with Gasteiger partial charge in [0.2, 0.25) is 0 Å². The van der Waals surface area contributed by atoms with Crippen molar-refractivity contribution < 1.29 is 0 Å². The van der Waals surface area contributed by atoms with Crippen molar-refractivity contribution in [1.29, 1.82) is 0 Å². The van der Waals surface area contributed by atoms with Gasteiger partial charge in [-0.05, 0) is 0 Å². The van der Waals surface area contributed by atoms with Crippen LogP contribution < -0.4 is 11.5 Å². The van der Waals surface area contributed by atoms with Crippen LogP contribution in [0.3, 0.4) is 0 Å². The summed E-state index contributed by atoms with van der Waals surface area (Å²) in [5.41, 5.74) is 10.9. The molecular weight excluding hydrogens is 104 g/mol. The Morgan fingerprint density at radius 3 is 2.62 bits per heavy atom. The van der Waals surface area contributed by atoms with Crippen molar-refractivity contribution in [2.75, 3.05) is 11.5 Å². The lowest BCUT2D eigenvalue weighted by Gasteiger charge is -1.91. The molecule has 4 heteroatoms. The van der Waals surface area contributed by atoms with Crippen molar-refractivity contribution in [3.05, 3.63) is 12.5 Å². The first-order chi connectivity index (χ1) is 3.80. The maximum atomic E-state index is 5.25. The van der Waals surface area contributed by atoms with E-state index in [2.05, 4.69) is 16.3 Å². The molecule has 0 aliphatic rings. The Morgan fingerprint density at radius 2 is 2.25 bits per heavy atom. The Kier molecular flexibility index (Phi) is 0.997. The third-order valence-corrected chi connectivity index (χ3v) is 0.728. The van der Waals surface area contributed by atoms with Gasteiger partial charge < -0.3 is 11.5 Å². The van der Waals surface area contributed by atoms with Crippen molar-refractivity contribution >= 4 is 11.5 Å². The maximum Gasteiger partial charge on any atom is 0.199 e. The predicted molar refractivity (Wildman–Crippen MR) is 29.7 cm³/mol. The Hall–Kier alpha value is -1.32. The lowest BCUT2D eigenvalue weighted by Crippen LogP contribution is -1.97. The predicted octanol–water partition coefficient (Wildman–Crippen LogP) is -0.559. The molecule has 4 nitrogen and oxygen atoms in total. The highest BCUT2D eigenvalue weighted by atomic mass is 14.9. The molecule has 0 unspecified atom stereocenters. The normalized spacial score (nSPS) is 9.00. The molecular formula is C4H5N4. The van der Waals surface area contributed by atoms with Crippen LogP contribution in [0, 0.1) is 6.33 Å². The second-order valence-electron chi connectivity index (χ2n) is 1.31. The number of hydrogen-bond donors (Lipinski definition) is 2. The number of hydrogen-bond acceptors (Lipinski definition) is 4. The average Bonchev–Trinajstić information content (AvgIpc) is 1.77. The van der Waals surface area contributed by atoms with Crippen molar-refractivity contribution in [3.63, 3.8) is 0 Å². The highest BCUT2D eigenvalue weighted by Gasteiger charge is 1.89. The fourth-order valence-electron chi connectivity index (χ4n) is 0.312. The molecule has 1 aromatic heterocycles. The van der Waals surface area contributed by atoms with Crippen LogP contribution in [0.15, 0.2) is 6.20 Å². The van der Waals surface area contributed by atoms with Gasteiger partial charge in [-0.2, -0.15) is 0 Å². The highest BCUT2D eigenvalue weighted by molar-refractivity contribution is 5.54. The third-order valence-electron chi connectivity index (χ3n) is 0.728. The van der Waals surface area contributed by atoms with Crippen LogP contribution in [0.5, 0.6) is 0 Å². The highest BCUT2D eigenvalue weighted by Crippen LogP contribution is 2.03. The van der Waals surface area contributed by atoms with Gasteiger partial charge in [0.1, 0.15) is 0 Å². The molecule has 1 rings (SSSR count). The lowest BCUT2D eigenvalue weighted by atomic mass is 10.5. The zero-order chi connectivity index (χ0) is 5.98. The first-order valence-corrected chi connectivity index (χ1v) is 2.05. The van der Waals surface area contributed by atoms with Crippen molar-refractivity contribution in [2.45, 2.75) is 0 Å². The van der Waals surface area contributed by atoms with Crippen LogP contribution in [0.2, 0.25) is 0 Å². The molecule has 0 aromatic carbocycles. The molecule has 41 valence electrons. The Balaban J connectivity index is 3.13. The largest absolute Gasteiger partial charge is 0.394 e. The molecule has 1 radical (unpaired) electrons. The van der Waals surface area contributed by atoms with E-state index >= 15 is 0 Å². The molecule has 0 saturated carbocycles. The molecule has 0 aliphatic heterocycles. The Labute approximate surface area is 46.6 Å². The van der Waals surface area contributed by atoms with Crippen molar-refractivity contribution in [2.24, 2.45) is 0 Å². The molecule has 0 atom stereocenters. The van der Waals surface area contributed by atoms with E-state index in [4.69, 9.17) is 11.5 Å². The van der Waals surface area contributed by atoms with E-state index < -0.39 is 0 Å². The van der Waals surface area contributed by atoms with Gasteiger partial charge in [0.05, 0.1) is 11.9 Å². The molecule has 0 aliphatic carbocycles. The van der Waals surface area contributed by atoms with Gasteiger partial charge in [0.15, 0.2) is 12.1 Å².